The van der Waals surface area contributed by atoms with Crippen molar-refractivity contribution in [2.45, 2.75) is 45.8 Å². The van der Waals surface area contributed by atoms with Crippen LogP contribution in [0.1, 0.15) is 35.9 Å². The number of carbonyl (C=O) groups is 1. The highest BCUT2D eigenvalue weighted by atomic mass is 32.2. The Hall–Kier alpha value is -2.12. The minimum Gasteiger partial charge on any atom is -0.325 e. The lowest BCUT2D eigenvalue weighted by Gasteiger charge is -2.13. The highest BCUT2D eigenvalue weighted by molar-refractivity contribution is 7.99. The molecule has 0 unspecified atom stereocenters. The number of amides is 1. The van der Waals surface area contributed by atoms with Gasteiger partial charge in [0.2, 0.25) is 5.91 Å². The first-order valence-corrected chi connectivity index (χ1v) is 10.7. The van der Waals surface area contributed by atoms with Gasteiger partial charge in [0.15, 0.2) is 11.0 Å². The Morgan fingerprint density at radius 2 is 2.00 bits per heavy atom. The summed E-state index contributed by atoms with van der Waals surface area (Å²) in [5, 5.41) is 14.5. The maximum absolute atomic E-state index is 12.4. The molecule has 142 valence electrons. The molecule has 0 aliphatic heterocycles. The smallest absolute Gasteiger partial charge is 0.234 e. The summed E-state index contributed by atoms with van der Waals surface area (Å²) in [6, 6.07) is 8.34. The van der Waals surface area contributed by atoms with Crippen LogP contribution in [0.5, 0.6) is 0 Å². The van der Waals surface area contributed by atoms with Crippen LogP contribution in [-0.4, -0.2) is 26.4 Å². The minimum atomic E-state index is -0.0433. The van der Waals surface area contributed by atoms with Crippen molar-refractivity contribution in [2.24, 2.45) is 0 Å². The Morgan fingerprint density at radius 1 is 1.22 bits per heavy atom. The van der Waals surface area contributed by atoms with Gasteiger partial charge in [0, 0.05) is 27.5 Å². The highest BCUT2D eigenvalue weighted by Crippen LogP contribution is 2.30. The molecule has 0 bridgehead atoms. The summed E-state index contributed by atoms with van der Waals surface area (Å²) in [5.74, 6) is 1.10. The average Bonchev–Trinajstić information content (AvgIpc) is 3.21. The van der Waals surface area contributed by atoms with Crippen LogP contribution in [0.25, 0.3) is 11.4 Å². The van der Waals surface area contributed by atoms with Gasteiger partial charge >= 0.3 is 0 Å². The molecule has 0 fully saturated rings. The van der Waals surface area contributed by atoms with Gasteiger partial charge < -0.3 is 5.32 Å². The molecular weight excluding hydrogens is 376 g/mol. The van der Waals surface area contributed by atoms with Crippen molar-refractivity contribution in [3.8, 4) is 11.4 Å². The Labute approximate surface area is 168 Å². The molecule has 0 saturated heterocycles. The Kier molecular flexibility index (Phi) is 6.01. The minimum absolute atomic E-state index is 0.0433. The zero-order valence-electron chi connectivity index (χ0n) is 16.2. The third-order valence-electron chi connectivity index (χ3n) is 4.16. The van der Waals surface area contributed by atoms with Crippen molar-refractivity contribution in [3.05, 3.63) is 45.6 Å². The lowest BCUT2D eigenvalue weighted by molar-refractivity contribution is -0.113. The molecular formula is C20H24N4OS2. The summed E-state index contributed by atoms with van der Waals surface area (Å²) in [6.45, 7) is 10.3. The van der Waals surface area contributed by atoms with Gasteiger partial charge in [0.1, 0.15) is 0 Å². The second-order valence-corrected chi connectivity index (χ2v) is 8.93. The van der Waals surface area contributed by atoms with E-state index in [1.165, 1.54) is 22.2 Å². The number of thiophene rings is 1. The molecule has 27 heavy (non-hydrogen) atoms. The molecule has 0 spiro atoms. The zero-order valence-corrected chi connectivity index (χ0v) is 17.9. The molecule has 2 aromatic heterocycles. The summed E-state index contributed by atoms with van der Waals surface area (Å²) in [7, 11) is 0. The van der Waals surface area contributed by atoms with Crippen molar-refractivity contribution in [1.82, 2.24) is 14.8 Å². The number of hydrogen-bond acceptors (Lipinski definition) is 5. The Balaban J connectivity index is 1.72. The van der Waals surface area contributed by atoms with E-state index in [4.69, 9.17) is 0 Å². The Bertz CT molecular complexity index is 959. The van der Waals surface area contributed by atoms with Gasteiger partial charge in [0.05, 0.1) is 5.75 Å². The predicted molar refractivity (Wildman–Crippen MR) is 114 cm³/mol. The summed E-state index contributed by atoms with van der Waals surface area (Å²) in [4.78, 5) is 13.6. The van der Waals surface area contributed by atoms with E-state index < -0.39 is 0 Å². The summed E-state index contributed by atoms with van der Waals surface area (Å²) in [6.07, 6.45) is 0. The van der Waals surface area contributed by atoms with Crippen LogP contribution in [0.3, 0.4) is 0 Å². The number of nitrogens with one attached hydrogen (secondary N) is 1. The van der Waals surface area contributed by atoms with Crippen LogP contribution < -0.4 is 5.32 Å². The Morgan fingerprint density at radius 3 is 2.63 bits per heavy atom. The maximum atomic E-state index is 12.4. The van der Waals surface area contributed by atoms with E-state index in [1.54, 1.807) is 11.3 Å². The molecule has 5 nitrogen and oxygen atoms in total. The molecule has 2 heterocycles. The zero-order chi connectivity index (χ0) is 19.6. The quantitative estimate of drug-likeness (QED) is 0.575. The van der Waals surface area contributed by atoms with Crippen LogP contribution in [0.15, 0.2) is 34.8 Å². The van der Waals surface area contributed by atoms with Crippen LogP contribution in [0.2, 0.25) is 0 Å². The maximum Gasteiger partial charge on any atom is 0.234 e. The number of anilines is 1. The van der Waals surface area contributed by atoms with Gasteiger partial charge in [-0.3, -0.25) is 9.36 Å². The number of hydrogen-bond donors (Lipinski definition) is 1. The molecule has 3 aromatic rings. The van der Waals surface area contributed by atoms with E-state index >= 15 is 0 Å². The molecule has 0 saturated carbocycles. The summed E-state index contributed by atoms with van der Waals surface area (Å²) in [5.41, 5.74) is 4.17. The standard InChI is InChI=1S/C20H24N4OS2/c1-12(2)24-19(16-9-15(5)26-10-16)22-23-20(24)27-11-18(25)21-17-7-6-13(3)8-14(17)4/h6-10,12H,11H2,1-5H3,(H,21,25). The van der Waals surface area contributed by atoms with E-state index in [0.717, 1.165) is 27.8 Å². The van der Waals surface area contributed by atoms with Crippen molar-refractivity contribution >= 4 is 34.7 Å². The first-order chi connectivity index (χ1) is 12.8. The monoisotopic (exact) mass is 400 g/mol. The van der Waals surface area contributed by atoms with E-state index in [9.17, 15) is 4.79 Å². The molecule has 0 aliphatic rings. The fourth-order valence-electron chi connectivity index (χ4n) is 2.87. The van der Waals surface area contributed by atoms with Crippen LogP contribution in [0.4, 0.5) is 5.69 Å². The molecule has 1 amide bonds. The van der Waals surface area contributed by atoms with E-state index in [0.29, 0.717) is 5.75 Å². The number of thioether (sulfide) groups is 1. The molecule has 1 N–H and O–H groups in total. The SMILES string of the molecule is Cc1ccc(NC(=O)CSc2nnc(-c3csc(C)c3)n2C(C)C)c(C)c1. The fourth-order valence-corrected chi connectivity index (χ4v) is 4.42. The summed E-state index contributed by atoms with van der Waals surface area (Å²) < 4.78 is 2.09. The number of aryl methyl sites for hydroxylation is 3. The van der Waals surface area contributed by atoms with Gasteiger partial charge in [-0.1, -0.05) is 29.5 Å². The molecule has 7 heteroatoms. The highest BCUT2D eigenvalue weighted by Gasteiger charge is 2.18. The summed E-state index contributed by atoms with van der Waals surface area (Å²) >= 11 is 3.11. The van der Waals surface area contributed by atoms with Gasteiger partial charge in [-0.2, -0.15) is 0 Å². The lowest BCUT2D eigenvalue weighted by atomic mass is 10.1. The third kappa shape index (κ3) is 4.59. The van der Waals surface area contributed by atoms with Gasteiger partial charge in [0.25, 0.3) is 0 Å². The van der Waals surface area contributed by atoms with Gasteiger partial charge in [-0.25, -0.2) is 0 Å². The molecule has 0 radical (unpaired) electrons. The van der Waals surface area contributed by atoms with Gasteiger partial charge in [-0.15, -0.1) is 21.5 Å². The van der Waals surface area contributed by atoms with E-state index in [1.807, 2.05) is 26.0 Å². The first-order valence-electron chi connectivity index (χ1n) is 8.85. The number of nitrogens with zero attached hydrogens (tertiary/aromatic N) is 3. The molecule has 3 rings (SSSR count). The number of rotatable bonds is 6. The first kappa shape index (κ1) is 19.6. The molecule has 1 aromatic carbocycles. The fraction of sp³-hybridized carbons (Fsp3) is 0.350. The topological polar surface area (TPSA) is 59.8 Å². The second-order valence-electron chi connectivity index (χ2n) is 6.87. The van der Waals surface area contributed by atoms with Crippen molar-refractivity contribution < 1.29 is 4.79 Å². The van der Waals surface area contributed by atoms with Crippen molar-refractivity contribution in [3.63, 3.8) is 0 Å². The molecule has 0 aliphatic carbocycles. The lowest BCUT2D eigenvalue weighted by Crippen LogP contribution is -2.15. The average molecular weight is 401 g/mol. The van der Waals surface area contributed by atoms with Crippen LogP contribution >= 0.6 is 23.1 Å². The van der Waals surface area contributed by atoms with Crippen LogP contribution in [-0.2, 0) is 4.79 Å². The largest absolute Gasteiger partial charge is 0.325 e. The van der Waals surface area contributed by atoms with Crippen molar-refractivity contribution in [1.29, 1.82) is 0 Å². The van der Waals surface area contributed by atoms with Gasteiger partial charge in [-0.05, 0) is 52.3 Å². The number of aromatic nitrogens is 3. The van der Waals surface area contributed by atoms with E-state index in [-0.39, 0.29) is 11.9 Å². The number of carbonyl (C=O) groups excluding carboxylic acids is 1. The third-order valence-corrected chi connectivity index (χ3v) is 5.96. The van der Waals surface area contributed by atoms with Crippen LogP contribution in [0, 0.1) is 20.8 Å². The number of benzene rings is 1. The molecule has 0 atom stereocenters. The van der Waals surface area contributed by atoms with Crippen molar-refractivity contribution in [2.75, 3.05) is 11.1 Å². The predicted octanol–water partition coefficient (Wildman–Crippen LogP) is 5.24. The normalized spacial score (nSPS) is 11.2. The second kappa shape index (κ2) is 8.27. The van der Waals surface area contributed by atoms with E-state index in [2.05, 4.69) is 58.4 Å².